The number of nitrogens with one attached hydrogen (secondary N) is 3. The van der Waals surface area contributed by atoms with Crippen molar-refractivity contribution < 1.29 is 14.4 Å². The zero-order valence-electron chi connectivity index (χ0n) is 9.99. The maximum absolute atomic E-state index is 12.2. The molecule has 3 fully saturated rings. The lowest BCUT2D eigenvalue weighted by Crippen LogP contribution is -2.49. The van der Waals surface area contributed by atoms with Gasteiger partial charge in [0.05, 0.1) is 0 Å². The number of hydrogen-bond donors (Lipinski definition) is 3. The number of rotatable bonds is 3. The summed E-state index contributed by atoms with van der Waals surface area (Å²) < 4.78 is 0. The van der Waals surface area contributed by atoms with Crippen LogP contribution in [-0.4, -0.2) is 54.0 Å². The average molecular weight is 252 g/mol. The van der Waals surface area contributed by atoms with Crippen LogP contribution < -0.4 is 16.0 Å². The molecule has 1 atom stereocenters. The molecule has 0 aromatic heterocycles. The molecule has 1 unspecified atom stereocenters. The third kappa shape index (κ3) is 1.84. The first kappa shape index (κ1) is 11.5. The predicted octanol–water partition coefficient (Wildman–Crippen LogP) is -1.45. The van der Waals surface area contributed by atoms with Gasteiger partial charge in [0.25, 0.3) is 5.91 Å². The molecule has 0 bridgehead atoms. The van der Waals surface area contributed by atoms with E-state index in [0.717, 1.165) is 17.7 Å². The number of nitrogens with zero attached hydrogens (tertiary/aromatic N) is 1. The summed E-state index contributed by atoms with van der Waals surface area (Å²) in [5.41, 5.74) is -0.822. The standard InChI is InChI=1S/C11H16N4O3/c16-8(13-7-1-2-7)5-15-9(17)11(14-10(15)18)3-4-12-6-11/h7,12H,1-6H2,(H,13,16)(H,14,18). The average Bonchev–Trinajstić information content (AvgIpc) is 2.95. The van der Waals surface area contributed by atoms with Crippen LogP contribution in [-0.2, 0) is 9.59 Å². The van der Waals surface area contributed by atoms with Crippen molar-refractivity contribution in [2.24, 2.45) is 0 Å². The zero-order chi connectivity index (χ0) is 12.8. The molecule has 3 rings (SSSR count). The van der Waals surface area contributed by atoms with E-state index >= 15 is 0 Å². The largest absolute Gasteiger partial charge is 0.352 e. The van der Waals surface area contributed by atoms with Crippen LogP contribution in [0.3, 0.4) is 0 Å². The topological polar surface area (TPSA) is 90.5 Å². The first-order valence-electron chi connectivity index (χ1n) is 6.25. The second-order valence-electron chi connectivity index (χ2n) is 5.17. The second-order valence-corrected chi connectivity index (χ2v) is 5.17. The number of carbonyl (C=O) groups excluding carboxylic acids is 3. The Bertz CT molecular complexity index is 413. The molecular weight excluding hydrogens is 236 g/mol. The number of imide groups is 1. The molecule has 1 spiro atoms. The van der Waals surface area contributed by atoms with Crippen LogP contribution >= 0.6 is 0 Å². The van der Waals surface area contributed by atoms with Gasteiger partial charge in [-0.25, -0.2) is 4.79 Å². The first-order valence-corrected chi connectivity index (χ1v) is 6.25. The maximum atomic E-state index is 12.2. The highest BCUT2D eigenvalue weighted by atomic mass is 16.2. The van der Waals surface area contributed by atoms with E-state index in [1.165, 1.54) is 0 Å². The third-order valence-corrected chi connectivity index (χ3v) is 3.65. The molecule has 3 N–H and O–H groups in total. The summed E-state index contributed by atoms with van der Waals surface area (Å²) in [5.74, 6) is -0.549. The molecule has 18 heavy (non-hydrogen) atoms. The van der Waals surface area contributed by atoms with Gasteiger partial charge < -0.3 is 16.0 Å². The summed E-state index contributed by atoms with van der Waals surface area (Å²) >= 11 is 0. The zero-order valence-corrected chi connectivity index (χ0v) is 9.99. The Balaban J connectivity index is 1.66. The van der Waals surface area contributed by atoms with E-state index in [0.29, 0.717) is 19.5 Å². The van der Waals surface area contributed by atoms with Crippen LogP contribution in [0.2, 0.25) is 0 Å². The van der Waals surface area contributed by atoms with Crippen molar-refractivity contribution in [3.05, 3.63) is 0 Å². The number of amides is 4. The smallest absolute Gasteiger partial charge is 0.325 e. The van der Waals surface area contributed by atoms with E-state index in [1.807, 2.05) is 0 Å². The molecule has 7 nitrogen and oxygen atoms in total. The highest BCUT2D eigenvalue weighted by molar-refractivity contribution is 6.09. The van der Waals surface area contributed by atoms with E-state index < -0.39 is 11.6 Å². The molecule has 2 aliphatic heterocycles. The van der Waals surface area contributed by atoms with E-state index in [1.54, 1.807) is 0 Å². The van der Waals surface area contributed by atoms with Crippen LogP contribution in [0.15, 0.2) is 0 Å². The summed E-state index contributed by atoms with van der Waals surface area (Å²) in [7, 11) is 0. The molecule has 3 aliphatic rings. The van der Waals surface area contributed by atoms with Gasteiger partial charge in [-0.15, -0.1) is 0 Å². The van der Waals surface area contributed by atoms with Crippen molar-refractivity contribution in [2.45, 2.75) is 30.8 Å². The summed E-state index contributed by atoms with van der Waals surface area (Å²) in [4.78, 5) is 36.6. The minimum Gasteiger partial charge on any atom is -0.352 e. The van der Waals surface area contributed by atoms with E-state index in [-0.39, 0.29) is 24.4 Å². The Morgan fingerprint density at radius 1 is 1.44 bits per heavy atom. The van der Waals surface area contributed by atoms with E-state index in [4.69, 9.17) is 0 Å². The summed E-state index contributed by atoms with van der Waals surface area (Å²) in [6.45, 7) is 0.968. The molecule has 4 amide bonds. The van der Waals surface area contributed by atoms with Crippen LogP contribution in [0.5, 0.6) is 0 Å². The SMILES string of the molecule is O=C(CN1C(=O)NC2(CCNC2)C1=O)NC1CC1. The molecule has 1 saturated carbocycles. The van der Waals surface area contributed by atoms with Gasteiger partial charge in [0.1, 0.15) is 12.1 Å². The molecule has 0 radical (unpaired) electrons. The van der Waals surface area contributed by atoms with Gasteiger partial charge in [0.2, 0.25) is 5.91 Å². The van der Waals surface area contributed by atoms with Gasteiger partial charge >= 0.3 is 6.03 Å². The van der Waals surface area contributed by atoms with Gasteiger partial charge in [-0.05, 0) is 25.8 Å². The highest BCUT2D eigenvalue weighted by Gasteiger charge is 2.53. The Labute approximate surface area is 104 Å². The van der Waals surface area contributed by atoms with Crippen molar-refractivity contribution >= 4 is 17.8 Å². The lowest BCUT2D eigenvalue weighted by atomic mass is 9.99. The highest BCUT2D eigenvalue weighted by Crippen LogP contribution is 2.24. The number of hydrogen-bond acceptors (Lipinski definition) is 4. The molecule has 7 heteroatoms. The van der Waals surface area contributed by atoms with Crippen molar-refractivity contribution in [2.75, 3.05) is 19.6 Å². The fourth-order valence-electron chi connectivity index (χ4n) is 2.45. The molecule has 2 heterocycles. The molecule has 98 valence electrons. The predicted molar refractivity (Wildman–Crippen MR) is 61.6 cm³/mol. The minimum absolute atomic E-state index is 0.178. The monoisotopic (exact) mass is 252 g/mol. The van der Waals surface area contributed by atoms with Gasteiger partial charge in [-0.2, -0.15) is 0 Å². The Hall–Kier alpha value is -1.63. The van der Waals surface area contributed by atoms with Crippen LogP contribution in [0.25, 0.3) is 0 Å². The number of urea groups is 1. The van der Waals surface area contributed by atoms with Crippen LogP contribution in [0.4, 0.5) is 4.79 Å². The van der Waals surface area contributed by atoms with Crippen molar-refractivity contribution in [1.82, 2.24) is 20.9 Å². The number of carbonyl (C=O) groups is 3. The van der Waals surface area contributed by atoms with Gasteiger partial charge in [-0.3, -0.25) is 14.5 Å². The summed E-state index contributed by atoms with van der Waals surface area (Å²) in [6.07, 6.45) is 2.55. The van der Waals surface area contributed by atoms with Crippen molar-refractivity contribution in [1.29, 1.82) is 0 Å². The fourth-order valence-corrected chi connectivity index (χ4v) is 2.45. The molecular formula is C11H16N4O3. The first-order chi connectivity index (χ1) is 8.61. The summed E-state index contributed by atoms with van der Waals surface area (Å²) in [6, 6.07) is -0.227. The molecule has 2 saturated heterocycles. The Morgan fingerprint density at radius 3 is 2.83 bits per heavy atom. The summed E-state index contributed by atoms with van der Waals surface area (Å²) in [5, 5.41) is 8.53. The second kappa shape index (κ2) is 3.94. The van der Waals surface area contributed by atoms with Gasteiger partial charge in [-0.1, -0.05) is 0 Å². The normalized spacial score (nSPS) is 31.0. The van der Waals surface area contributed by atoms with Gasteiger partial charge in [0.15, 0.2) is 0 Å². The fraction of sp³-hybridized carbons (Fsp3) is 0.727. The van der Waals surface area contributed by atoms with E-state index in [9.17, 15) is 14.4 Å². The van der Waals surface area contributed by atoms with E-state index in [2.05, 4.69) is 16.0 Å². The Morgan fingerprint density at radius 2 is 2.22 bits per heavy atom. The minimum atomic E-state index is -0.822. The maximum Gasteiger partial charge on any atom is 0.325 e. The lowest BCUT2D eigenvalue weighted by molar-refractivity contribution is -0.134. The third-order valence-electron chi connectivity index (χ3n) is 3.65. The molecule has 0 aromatic rings. The molecule has 1 aliphatic carbocycles. The Kier molecular flexibility index (Phi) is 2.51. The quantitative estimate of drug-likeness (QED) is 0.536. The molecule has 0 aromatic carbocycles. The van der Waals surface area contributed by atoms with Crippen molar-refractivity contribution in [3.63, 3.8) is 0 Å². The van der Waals surface area contributed by atoms with Gasteiger partial charge in [0, 0.05) is 12.6 Å². The van der Waals surface area contributed by atoms with Crippen LogP contribution in [0.1, 0.15) is 19.3 Å². The van der Waals surface area contributed by atoms with Crippen molar-refractivity contribution in [3.8, 4) is 0 Å². The lowest BCUT2D eigenvalue weighted by Gasteiger charge is -2.19. The van der Waals surface area contributed by atoms with Crippen LogP contribution in [0, 0.1) is 0 Å².